The third kappa shape index (κ3) is 3.56. The quantitative estimate of drug-likeness (QED) is 0.514. The van der Waals surface area contributed by atoms with Gasteiger partial charge in [-0.05, 0) is 36.4 Å². The molecule has 8 heteroatoms. The van der Waals surface area contributed by atoms with E-state index in [1.807, 2.05) is 24.3 Å². The van der Waals surface area contributed by atoms with Crippen molar-refractivity contribution in [2.24, 2.45) is 0 Å². The smallest absolute Gasteiger partial charge is 0.209 e. The minimum absolute atomic E-state index is 0.215. The lowest BCUT2D eigenvalue weighted by molar-refractivity contribution is 0.415. The standard InChI is InChI=1S/C19H15FN4O2S/c1-26-13-7-5-11(6-8-13)18-22-19(24-23-18)27-10-12-9-16(25)14-3-2-4-15(20)17(14)21-12/h2-9H,10H2,1H3,(H,21,25)(H,22,23,24). The van der Waals surface area contributed by atoms with Crippen molar-refractivity contribution in [1.29, 1.82) is 0 Å². The van der Waals surface area contributed by atoms with Gasteiger partial charge in [0, 0.05) is 28.5 Å². The van der Waals surface area contributed by atoms with Crippen LogP contribution in [0.5, 0.6) is 5.75 Å². The maximum Gasteiger partial charge on any atom is 0.209 e. The average Bonchev–Trinajstić information content (AvgIpc) is 3.16. The summed E-state index contributed by atoms with van der Waals surface area (Å²) in [7, 11) is 1.61. The number of rotatable bonds is 5. The van der Waals surface area contributed by atoms with Gasteiger partial charge in [-0.3, -0.25) is 9.89 Å². The van der Waals surface area contributed by atoms with Crippen LogP contribution in [0.1, 0.15) is 5.69 Å². The zero-order valence-corrected chi connectivity index (χ0v) is 15.1. The van der Waals surface area contributed by atoms with E-state index in [1.54, 1.807) is 13.2 Å². The SMILES string of the molecule is COc1ccc(-c2nc(SCc3cc(=O)c4cccc(F)c4[nH]3)n[nH]2)cc1. The van der Waals surface area contributed by atoms with E-state index >= 15 is 0 Å². The van der Waals surface area contributed by atoms with Crippen LogP contribution in [-0.2, 0) is 5.75 Å². The van der Waals surface area contributed by atoms with Crippen LogP contribution in [-0.4, -0.2) is 27.3 Å². The van der Waals surface area contributed by atoms with Gasteiger partial charge in [-0.25, -0.2) is 9.37 Å². The molecular formula is C19H15FN4O2S. The van der Waals surface area contributed by atoms with E-state index in [0.717, 1.165) is 11.3 Å². The number of benzene rings is 2. The van der Waals surface area contributed by atoms with Crippen molar-refractivity contribution in [3.63, 3.8) is 0 Å². The number of nitrogens with one attached hydrogen (secondary N) is 2. The lowest BCUT2D eigenvalue weighted by Crippen LogP contribution is -2.05. The highest BCUT2D eigenvalue weighted by atomic mass is 32.2. The zero-order chi connectivity index (χ0) is 18.8. The lowest BCUT2D eigenvalue weighted by Gasteiger charge is -2.03. The Bertz CT molecular complexity index is 1150. The molecule has 0 fully saturated rings. The van der Waals surface area contributed by atoms with Gasteiger partial charge < -0.3 is 9.72 Å². The van der Waals surface area contributed by atoms with Gasteiger partial charge in [-0.2, -0.15) is 0 Å². The Hall–Kier alpha value is -3.13. The summed E-state index contributed by atoms with van der Waals surface area (Å²) in [6, 6.07) is 13.4. The Kier molecular flexibility index (Phi) is 4.64. The van der Waals surface area contributed by atoms with Crippen LogP contribution in [0.4, 0.5) is 4.39 Å². The largest absolute Gasteiger partial charge is 0.497 e. The molecule has 0 aliphatic heterocycles. The second kappa shape index (κ2) is 7.24. The number of para-hydroxylation sites is 1. The summed E-state index contributed by atoms with van der Waals surface area (Å²) in [5.41, 5.74) is 1.50. The third-order valence-corrected chi connectivity index (χ3v) is 4.95. The lowest BCUT2D eigenvalue weighted by atomic mass is 10.2. The fourth-order valence-corrected chi connectivity index (χ4v) is 3.40. The summed E-state index contributed by atoms with van der Waals surface area (Å²) in [6.45, 7) is 0. The van der Waals surface area contributed by atoms with Crippen molar-refractivity contribution in [1.82, 2.24) is 20.2 Å². The van der Waals surface area contributed by atoms with E-state index < -0.39 is 5.82 Å². The predicted molar refractivity (Wildman–Crippen MR) is 102 cm³/mol. The molecule has 0 aliphatic carbocycles. The number of methoxy groups -OCH3 is 1. The second-order valence-corrected chi connectivity index (χ2v) is 6.75. The topological polar surface area (TPSA) is 83.7 Å². The first-order valence-corrected chi connectivity index (χ1v) is 9.12. The maximum atomic E-state index is 13.9. The number of halogens is 1. The van der Waals surface area contributed by atoms with Crippen molar-refractivity contribution < 1.29 is 9.13 Å². The molecule has 0 unspecified atom stereocenters. The molecule has 4 aromatic rings. The van der Waals surface area contributed by atoms with Gasteiger partial charge in [0.25, 0.3) is 0 Å². The monoisotopic (exact) mass is 382 g/mol. The molecule has 6 nitrogen and oxygen atoms in total. The van der Waals surface area contributed by atoms with E-state index in [1.165, 1.54) is 30.0 Å². The van der Waals surface area contributed by atoms with Gasteiger partial charge in [-0.1, -0.05) is 17.8 Å². The highest BCUT2D eigenvalue weighted by molar-refractivity contribution is 7.98. The minimum atomic E-state index is -0.448. The van der Waals surface area contributed by atoms with Crippen molar-refractivity contribution >= 4 is 22.7 Å². The number of aromatic nitrogens is 4. The van der Waals surface area contributed by atoms with Crippen LogP contribution in [0.15, 0.2) is 58.5 Å². The molecule has 0 amide bonds. The first-order chi connectivity index (χ1) is 13.1. The molecule has 2 heterocycles. The molecular weight excluding hydrogens is 367 g/mol. The molecule has 0 aliphatic rings. The number of ether oxygens (including phenoxy) is 1. The third-order valence-electron chi connectivity index (χ3n) is 4.06. The van der Waals surface area contributed by atoms with E-state index in [4.69, 9.17) is 4.74 Å². The molecule has 2 aromatic carbocycles. The Balaban J connectivity index is 1.52. The fourth-order valence-electron chi connectivity index (χ4n) is 2.70. The molecule has 0 saturated carbocycles. The Labute approximate surface area is 157 Å². The summed E-state index contributed by atoms with van der Waals surface area (Å²) in [4.78, 5) is 19.6. The number of nitrogens with zero attached hydrogens (tertiary/aromatic N) is 2. The summed E-state index contributed by atoms with van der Waals surface area (Å²) in [5.74, 6) is 1.37. The molecule has 2 aromatic heterocycles. The highest BCUT2D eigenvalue weighted by Gasteiger charge is 2.10. The van der Waals surface area contributed by atoms with E-state index in [0.29, 0.717) is 27.8 Å². The molecule has 0 atom stereocenters. The number of fused-ring (bicyclic) bond motifs is 1. The number of H-pyrrole nitrogens is 2. The Morgan fingerprint density at radius 1 is 1.19 bits per heavy atom. The number of pyridine rings is 1. The maximum absolute atomic E-state index is 13.9. The molecule has 136 valence electrons. The fraction of sp³-hybridized carbons (Fsp3) is 0.105. The molecule has 0 bridgehead atoms. The molecule has 0 saturated heterocycles. The number of hydrogen-bond acceptors (Lipinski definition) is 5. The Morgan fingerprint density at radius 3 is 2.78 bits per heavy atom. The van der Waals surface area contributed by atoms with Gasteiger partial charge >= 0.3 is 0 Å². The molecule has 27 heavy (non-hydrogen) atoms. The first-order valence-electron chi connectivity index (χ1n) is 8.14. The molecule has 2 N–H and O–H groups in total. The Morgan fingerprint density at radius 2 is 2.00 bits per heavy atom. The summed E-state index contributed by atoms with van der Waals surface area (Å²) in [5, 5.41) is 7.95. The average molecular weight is 382 g/mol. The van der Waals surface area contributed by atoms with Crippen molar-refractivity contribution in [3.8, 4) is 17.1 Å². The van der Waals surface area contributed by atoms with Crippen LogP contribution in [0.2, 0.25) is 0 Å². The summed E-state index contributed by atoms with van der Waals surface area (Å²) in [6.07, 6.45) is 0. The van der Waals surface area contributed by atoms with Gasteiger partial charge in [-0.15, -0.1) is 5.10 Å². The molecule has 0 spiro atoms. The normalized spacial score (nSPS) is 11.0. The predicted octanol–water partition coefficient (Wildman–Crippen LogP) is 3.75. The van der Waals surface area contributed by atoms with Gasteiger partial charge in [0.2, 0.25) is 5.16 Å². The van der Waals surface area contributed by atoms with Crippen molar-refractivity contribution in [2.75, 3.05) is 7.11 Å². The summed E-state index contributed by atoms with van der Waals surface area (Å²) >= 11 is 1.35. The van der Waals surface area contributed by atoms with Crippen LogP contribution < -0.4 is 10.2 Å². The molecule has 4 rings (SSSR count). The van der Waals surface area contributed by atoms with Crippen LogP contribution >= 0.6 is 11.8 Å². The van der Waals surface area contributed by atoms with Crippen LogP contribution in [0, 0.1) is 5.82 Å². The van der Waals surface area contributed by atoms with Crippen molar-refractivity contribution in [3.05, 3.63) is 70.3 Å². The second-order valence-electron chi connectivity index (χ2n) is 5.80. The zero-order valence-electron chi connectivity index (χ0n) is 14.3. The van der Waals surface area contributed by atoms with Crippen LogP contribution in [0.3, 0.4) is 0 Å². The highest BCUT2D eigenvalue weighted by Crippen LogP contribution is 2.24. The van der Waals surface area contributed by atoms with Gasteiger partial charge in [0.15, 0.2) is 11.3 Å². The summed E-state index contributed by atoms with van der Waals surface area (Å²) < 4.78 is 19.1. The minimum Gasteiger partial charge on any atom is -0.497 e. The van der Waals surface area contributed by atoms with Gasteiger partial charge in [0.1, 0.15) is 11.6 Å². The number of thioether (sulfide) groups is 1. The number of aromatic amines is 2. The van der Waals surface area contributed by atoms with E-state index in [2.05, 4.69) is 20.2 Å². The van der Waals surface area contributed by atoms with E-state index in [9.17, 15) is 9.18 Å². The van der Waals surface area contributed by atoms with E-state index in [-0.39, 0.29) is 10.9 Å². The number of hydrogen-bond donors (Lipinski definition) is 2. The first kappa shape index (κ1) is 17.3. The van der Waals surface area contributed by atoms with Gasteiger partial charge in [0.05, 0.1) is 12.6 Å². The van der Waals surface area contributed by atoms with Crippen molar-refractivity contribution in [2.45, 2.75) is 10.9 Å². The van der Waals surface area contributed by atoms with Crippen LogP contribution in [0.25, 0.3) is 22.3 Å². The molecule has 0 radical (unpaired) electrons.